The van der Waals surface area contributed by atoms with Gasteiger partial charge in [-0.25, -0.2) is 8.78 Å². The van der Waals surface area contributed by atoms with Crippen molar-refractivity contribution in [3.8, 4) is 0 Å². The topological polar surface area (TPSA) is 80.0 Å². The Morgan fingerprint density at radius 1 is 1.31 bits per heavy atom. The van der Waals surface area contributed by atoms with Crippen LogP contribution in [-0.2, 0) is 21.0 Å². The van der Waals surface area contributed by atoms with E-state index >= 15 is 8.78 Å². The summed E-state index contributed by atoms with van der Waals surface area (Å²) in [5, 5.41) is 13.4. The van der Waals surface area contributed by atoms with Gasteiger partial charge in [0, 0.05) is 53.4 Å². The van der Waals surface area contributed by atoms with Gasteiger partial charge in [-0.15, -0.1) is 0 Å². The van der Waals surface area contributed by atoms with E-state index in [-0.39, 0.29) is 47.6 Å². The number of nitrogens with zero attached hydrogens (tertiary/aromatic N) is 1. The molecular formula is C30H37F2NO5S. The van der Waals surface area contributed by atoms with Gasteiger partial charge in [0.1, 0.15) is 5.83 Å². The fourth-order valence-electron chi connectivity index (χ4n) is 8.73. The lowest BCUT2D eigenvalue weighted by atomic mass is 9.45. The number of rotatable bonds is 6. The fraction of sp³-hybridized carbons (Fsp3) is 0.667. The highest BCUT2D eigenvalue weighted by Crippen LogP contribution is 2.73. The van der Waals surface area contributed by atoms with Crippen molar-refractivity contribution in [2.75, 3.05) is 12.3 Å². The number of furan rings is 1. The molecule has 0 aromatic carbocycles. The number of halogens is 2. The van der Waals surface area contributed by atoms with Gasteiger partial charge in [0.2, 0.25) is 5.12 Å². The number of carbonyl (C=O) groups excluding carboxylic acids is 2. The number of allylic oxidation sites excluding steroid dienone is 4. The molecule has 6 nitrogen and oxygen atoms in total. The Morgan fingerprint density at radius 3 is 2.82 bits per heavy atom. The number of hydrogen-bond donors (Lipinski definition) is 1. The summed E-state index contributed by atoms with van der Waals surface area (Å²) < 4.78 is 38.5. The van der Waals surface area contributed by atoms with Crippen LogP contribution in [0.2, 0.25) is 0 Å². The Morgan fingerprint density at radius 2 is 2.10 bits per heavy atom. The van der Waals surface area contributed by atoms with Crippen molar-refractivity contribution in [3.63, 3.8) is 0 Å². The third kappa shape index (κ3) is 3.61. The molecule has 39 heavy (non-hydrogen) atoms. The summed E-state index contributed by atoms with van der Waals surface area (Å²) in [6, 6.07) is 1.85. The van der Waals surface area contributed by atoms with Crippen LogP contribution in [0.1, 0.15) is 64.9 Å². The van der Waals surface area contributed by atoms with Crippen molar-refractivity contribution in [3.05, 3.63) is 47.7 Å². The van der Waals surface area contributed by atoms with Gasteiger partial charge in [0.15, 0.2) is 17.1 Å². The van der Waals surface area contributed by atoms with E-state index in [2.05, 4.69) is 6.92 Å². The lowest BCUT2D eigenvalue weighted by Gasteiger charge is -2.62. The van der Waals surface area contributed by atoms with Gasteiger partial charge in [-0.05, 0) is 49.8 Å². The predicted octanol–water partition coefficient (Wildman–Crippen LogP) is 5.72. The maximum Gasteiger partial charge on any atom is 0.223 e. The smallest absolute Gasteiger partial charge is 0.223 e. The van der Waals surface area contributed by atoms with E-state index in [0.29, 0.717) is 25.3 Å². The first-order valence-electron chi connectivity index (χ1n) is 14.1. The van der Waals surface area contributed by atoms with Crippen molar-refractivity contribution in [2.45, 2.75) is 83.2 Å². The minimum absolute atomic E-state index is 0.0209. The zero-order valence-corrected chi connectivity index (χ0v) is 23.6. The van der Waals surface area contributed by atoms with Gasteiger partial charge in [-0.1, -0.05) is 38.1 Å². The number of alkyl halides is 1. The first-order chi connectivity index (χ1) is 18.5. The number of hydrogen-bond acceptors (Lipinski definition) is 7. The summed E-state index contributed by atoms with van der Waals surface area (Å²) in [6.07, 6.45) is 6.59. The number of thioether (sulfide) groups is 1. The molecule has 0 amide bonds. The number of ketones is 1. The van der Waals surface area contributed by atoms with Crippen LogP contribution in [0.3, 0.4) is 0 Å². The highest BCUT2D eigenvalue weighted by Gasteiger charge is 2.79. The molecule has 212 valence electrons. The Hall–Kier alpha value is -1.81. The number of aliphatic hydroxyl groups excluding tert-OH is 1. The zero-order valence-electron chi connectivity index (χ0n) is 22.8. The minimum atomic E-state index is -2.16. The lowest BCUT2D eigenvalue weighted by Crippen LogP contribution is -2.69. The average molecular weight is 562 g/mol. The molecule has 1 saturated heterocycles. The number of carbonyl (C=O) groups is 2. The normalized spacial score (nSPS) is 43.3. The summed E-state index contributed by atoms with van der Waals surface area (Å²) in [7, 11) is 0. The molecule has 1 aromatic heterocycles. The molecule has 5 aliphatic rings. The second-order valence-electron chi connectivity index (χ2n) is 12.6. The standard InChI is InChI=1S/C30H37F2NO5S/c1-4-5-10-39-26(36)30-19(16-33(38-30)15-18-7-9-37-17-18)11-21-22-13-24(31)23-12-20(34)6-8-27(23,2)29(22,32)25(35)14-28(21,30)3/h6-9,17,19,21-22,25,35H,4-5,10-16H2,1-3H3/t19-,21-,22-,25-,27-,28-,29-,30-/m0/s1. The monoisotopic (exact) mass is 561 g/mol. The summed E-state index contributed by atoms with van der Waals surface area (Å²) >= 11 is 1.26. The van der Waals surface area contributed by atoms with Crippen LogP contribution in [0.25, 0.3) is 0 Å². The Balaban J connectivity index is 1.41. The molecule has 0 unspecified atom stereocenters. The summed E-state index contributed by atoms with van der Waals surface area (Å²) in [6.45, 7) is 6.56. The van der Waals surface area contributed by atoms with E-state index in [4.69, 9.17) is 9.25 Å². The molecule has 9 heteroatoms. The lowest BCUT2D eigenvalue weighted by molar-refractivity contribution is -0.263. The van der Waals surface area contributed by atoms with Crippen molar-refractivity contribution < 1.29 is 32.7 Å². The van der Waals surface area contributed by atoms with E-state index < -0.39 is 39.9 Å². The van der Waals surface area contributed by atoms with Crippen molar-refractivity contribution in [2.24, 2.45) is 28.6 Å². The first kappa shape index (κ1) is 27.4. The van der Waals surface area contributed by atoms with Crippen LogP contribution >= 0.6 is 11.8 Å². The van der Waals surface area contributed by atoms with Gasteiger partial charge in [-0.2, -0.15) is 5.06 Å². The third-order valence-corrected chi connectivity index (χ3v) is 11.7. The minimum Gasteiger partial charge on any atom is -0.472 e. The van der Waals surface area contributed by atoms with E-state index in [0.717, 1.165) is 18.4 Å². The molecule has 6 rings (SSSR count). The first-order valence-corrected chi connectivity index (χ1v) is 15.1. The van der Waals surface area contributed by atoms with Crippen LogP contribution in [0.5, 0.6) is 0 Å². The molecule has 2 heterocycles. The molecule has 1 aromatic rings. The number of fused-ring (bicyclic) bond motifs is 7. The van der Waals surface area contributed by atoms with E-state index in [1.165, 1.54) is 23.9 Å². The molecular weight excluding hydrogens is 524 g/mol. The molecule has 1 aliphatic heterocycles. The Kier molecular flexibility index (Phi) is 6.57. The van der Waals surface area contributed by atoms with Crippen molar-refractivity contribution >= 4 is 22.7 Å². The largest absolute Gasteiger partial charge is 0.472 e. The number of unbranched alkanes of at least 4 members (excludes halogenated alkanes) is 1. The molecule has 0 radical (unpaired) electrons. The maximum absolute atomic E-state index is 17.6. The second kappa shape index (κ2) is 9.36. The molecule has 8 atom stereocenters. The van der Waals surface area contributed by atoms with Gasteiger partial charge in [-0.3, -0.25) is 14.4 Å². The van der Waals surface area contributed by atoms with Gasteiger partial charge in [0.25, 0.3) is 0 Å². The van der Waals surface area contributed by atoms with Gasteiger partial charge < -0.3 is 9.52 Å². The molecule has 3 fully saturated rings. The summed E-state index contributed by atoms with van der Waals surface area (Å²) in [5.41, 5.74) is -4.66. The van der Waals surface area contributed by atoms with Crippen LogP contribution in [-0.4, -0.2) is 50.7 Å². The van der Waals surface area contributed by atoms with E-state index in [1.54, 1.807) is 24.5 Å². The van der Waals surface area contributed by atoms with Crippen LogP contribution < -0.4 is 0 Å². The van der Waals surface area contributed by atoms with Crippen LogP contribution in [0.15, 0.2) is 46.6 Å². The summed E-state index contributed by atoms with van der Waals surface area (Å²) in [5.74, 6) is -1.50. The van der Waals surface area contributed by atoms with Crippen molar-refractivity contribution in [1.82, 2.24) is 5.06 Å². The third-order valence-electron chi connectivity index (χ3n) is 10.7. The second-order valence-corrected chi connectivity index (χ2v) is 13.7. The Bertz CT molecular complexity index is 1230. The van der Waals surface area contributed by atoms with Crippen LogP contribution in [0, 0.1) is 28.6 Å². The van der Waals surface area contributed by atoms with E-state index in [1.807, 2.05) is 13.0 Å². The highest BCUT2D eigenvalue weighted by atomic mass is 32.2. The SMILES string of the molecule is CCCCSC(=O)[C@@]12ON(Cc3ccoc3)C[C@@H]1C[C@H]1[C@@H]3CC(F)=C4CC(=O)C=C[C@]4(C)[C@@]3(F)[C@@H](O)C[C@@]12C. The number of aliphatic hydroxyl groups is 1. The van der Waals surface area contributed by atoms with Gasteiger partial charge >= 0.3 is 0 Å². The maximum atomic E-state index is 17.6. The average Bonchev–Trinajstić information content (AvgIpc) is 3.58. The zero-order chi connectivity index (χ0) is 27.8. The number of hydroxylamine groups is 2. The molecule has 4 aliphatic carbocycles. The summed E-state index contributed by atoms with van der Waals surface area (Å²) in [4.78, 5) is 33.0. The van der Waals surface area contributed by atoms with Crippen molar-refractivity contribution in [1.29, 1.82) is 0 Å². The molecule has 0 spiro atoms. The highest BCUT2D eigenvalue weighted by molar-refractivity contribution is 8.13. The van der Waals surface area contributed by atoms with Crippen LogP contribution in [0.4, 0.5) is 8.78 Å². The molecule has 2 saturated carbocycles. The molecule has 1 N–H and O–H groups in total. The Labute approximate surface area is 232 Å². The fourth-order valence-corrected chi connectivity index (χ4v) is 10.0. The van der Waals surface area contributed by atoms with Gasteiger partial charge in [0.05, 0.1) is 25.2 Å². The predicted molar refractivity (Wildman–Crippen MR) is 143 cm³/mol. The molecule has 0 bridgehead atoms. The van der Waals surface area contributed by atoms with E-state index in [9.17, 15) is 14.7 Å². The quantitative estimate of drug-likeness (QED) is 0.445.